The lowest BCUT2D eigenvalue weighted by Gasteiger charge is -2.19. The van der Waals surface area contributed by atoms with Crippen LogP contribution in [0.2, 0.25) is 0 Å². The lowest BCUT2D eigenvalue weighted by Crippen LogP contribution is -2.42. The number of nitrogens with two attached hydrogens (primary N) is 1. The van der Waals surface area contributed by atoms with Crippen molar-refractivity contribution in [2.45, 2.75) is 45.6 Å². The van der Waals surface area contributed by atoms with E-state index in [-0.39, 0.29) is 17.4 Å². The van der Waals surface area contributed by atoms with E-state index in [9.17, 15) is 4.79 Å². The van der Waals surface area contributed by atoms with Crippen LogP contribution in [-0.2, 0) is 10.2 Å². The third-order valence-corrected chi connectivity index (χ3v) is 3.19. The first-order valence-corrected chi connectivity index (χ1v) is 7.10. The van der Waals surface area contributed by atoms with Gasteiger partial charge in [0.2, 0.25) is 5.91 Å². The molecule has 0 spiro atoms. The molecule has 1 aromatic carbocycles. The molecule has 1 amide bonds. The lowest BCUT2D eigenvalue weighted by atomic mass is 9.87. The summed E-state index contributed by atoms with van der Waals surface area (Å²) in [6, 6.07) is 7.75. The summed E-state index contributed by atoms with van der Waals surface area (Å²) in [5, 5.41) is 3.04. The van der Waals surface area contributed by atoms with Crippen LogP contribution in [-0.4, -0.2) is 25.1 Å². The number of hydrogen-bond donors (Lipinski definition) is 2. The van der Waals surface area contributed by atoms with Crippen LogP contribution in [0.15, 0.2) is 24.3 Å². The Morgan fingerprint density at radius 3 is 2.35 bits per heavy atom. The Balaban J connectivity index is 2.48. The largest absolute Gasteiger partial charge is 0.494 e. The highest BCUT2D eigenvalue weighted by Crippen LogP contribution is 2.24. The molecule has 0 heterocycles. The first-order chi connectivity index (χ1) is 9.34. The number of amides is 1. The Hall–Kier alpha value is -1.55. The summed E-state index contributed by atoms with van der Waals surface area (Å²) < 4.78 is 5.65. The Labute approximate surface area is 121 Å². The van der Waals surface area contributed by atoms with Gasteiger partial charge in [-0.25, -0.2) is 0 Å². The van der Waals surface area contributed by atoms with Crippen LogP contribution >= 0.6 is 0 Å². The van der Waals surface area contributed by atoms with Gasteiger partial charge in [0.1, 0.15) is 5.75 Å². The number of carbonyl (C=O) groups excluding carboxylic acids is 1. The van der Waals surface area contributed by atoms with E-state index in [0.29, 0.717) is 19.6 Å². The second-order valence-electron chi connectivity index (χ2n) is 5.92. The van der Waals surface area contributed by atoms with E-state index in [0.717, 1.165) is 5.75 Å². The van der Waals surface area contributed by atoms with Crippen molar-refractivity contribution in [3.63, 3.8) is 0 Å². The molecule has 0 saturated heterocycles. The van der Waals surface area contributed by atoms with Crippen molar-refractivity contribution in [1.82, 2.24) is 5.32 Å². The molecule has 20 heavy (non-hydrogen) atoms. The van der Waals surface area contributed by atoms with E-state index >= 15 is 0 Å². The van der Waals surface area contributed by atoms with E-state index in [1.165, 1.54) is 5.56 Å². The van der Waals surface area contributed by atoms with E-state index in [1.54, 1.807) is 0 Å². The molecule has 3 N–H and O–H groups in total. The lowest BCUT2D eigenvalue weighted by molar-refractivity contribution is -0.120. The van der Waals surface area contributed by atoms with E-state index < -0.39 is 0 Å². The fraction of sp³-hybridized carbons (Fsp3) is 0.562. The highest BCUT2D eigenvalue weighted by atomic mass is 16.5. The van der Waals surface area contributed by atoms with E-state index in [1.807, 2.05) is 19.1 Å². The Kier molecular flexibility index (Phi) is 6.02. The number of hydrogen-bond acceptors (Lipinski definition) is 3. The second-order valence-corrected chi connectivity index (χ2v) is 5.92. The Morgan fingerprint density at radius 2 is 1.90 bits per heavy atom. The van der Waals surface area contributed by atoms with Gasteiger partial charge in [-0.2, -0.15) is 0 Å². The molecule has 1 aromatic rings. The zero-order chi connectivity index (χ0) is 15.2. The predicted molar refractivity (Wildman–Crippen MR) is 81.9 cm³/mol. The maximum Gasteiger partial charge on any atom is 0.234 e. The summed E-state index contributed by atoms with van der Waals surface area (Å²) in [4.78, 5) is 11.2. The maximum atomic E-state index is 11.2. The van der Waals surface area contributed by atoms with E-state index in [2.05, 4.69) is 38.2 Å². The molecule has 1 atom stereocenters. The van der Waals surface area contributed by atoms with Gasteiger partial charge in [-0.3, -0.25) is 4.79 Å². The minimum Gasteiger partial charge on any atom is -0.494 e. The summed E-state index contributed by atoms with van der Waals surface area (Å²) in [5.41, 5.74) is 6.72. The van der Waals surface area contributed by atoms with Crippen LogP contribution in [0.4, 0.5) is 0 Å². The Morgan fingerprint density at radius 1 is 1.30 bits per heavy atom. The molecule has 4 heteroatoms. The molecule has 4 nitrogen and oxygen atoms in total. The van der Waals surface area contributed by atoms with Crippen LogP contribution in [0, 0.1) is 0 Å². The van der Waals surface area contributed by atoms with Gasteiger partial charge >= 0.3 is 0 Å². The summed E-state index contributed by atoms with van der Waals surface area (Å²) in [7, 11) is 0. The summed E-state index contributed by atoms with van der Waals surface area (Å²) >= 11 is 0. The molecule has 0 fully saturated rings. The van der Waals surface area contributed by atoms with Gasteiger partial charge in [-0.05, 0) is 29.7 Å². The topological polar surface area (TPSA) is 64.3 Å². The number of benzene rings is 1. The van der Waals surface area contributed by atoms with Crippen LogP contribution in [0.3, 0.4) is 0 Å². The van der Waals surface area contributed by atoms with Crippen molar-refractivity contribution in [2.75, 3.05) is 13.2 Å². The van der Waals surface area contributed by atoms with Crippen LogP contribution in [0.1, 0.15) is 39.7 Å². The minimum absolute atomic E-state index is 0.140. The third-order valence-electron chi connectivity index (χ3n) is 3.19. The van der Waals surface area contributed by atoms with Crippen LogP contribution < -0.4 is 15.8 Å². The number of carbonyl (C=O) groups is 1. The normalized spacial score (nSPS) is 13.0. The smallest absolute Gasteiger partial charge is 0.234 e. The van der Waals surface area contributed by atoms with Crippen molar-refractivity contribution in [2.24, 2.45) is 5.73 Å². The maximum absolute atomic E-state index is 11.2. The zero-order valence-corrected chi connectivity index (χ0v) is 12.9. The molecular weight excluding hydrogens is 252 g/mol. The molecule has 0 bridgehead atoms. The van der Waals surface area contributed by atoms with Crippen molar-refractivity contribution < 1.29 is 9.53 Å². The average Bonchev–Trinajstić information content (AvgIpc) is 2.37. The van der Waals surface area contributed by atoms with Crippen molar-refractivity contribution in [1.29, 1.82) is 0 Å². The van der Waals surface area contributed by atoms with Crippen molar-refractivity contribution in [3.8, 4) is 5.75 Å². The monoisotopic (exact) mass is 278 g/mol. The number of ether oxygens (including phenoxy) is 1. The highest BCUT2D eigenvalue weighted by Gasteiger charge is 2.14. The van der Waals surface area contributed by atoms with Crippen LogP contribution in [0.25, 0.3) is 0 Å². The SMILES string of the molecule is CCNC(CCOc1ccc(C(C)(C)C)cc1)C(N)=O. The molecule has 112 valence electrons. The third kappa shape index (κ3) is 5.21. The Bertz CT molecular complexity index is 421. The number of nitrogens with one attached hydrogen (secondary N) is 1. The minimum atomic E-state index is -0.335. The number of likely N-dealkylation sites (N-methyl/N-ethyl adjacent to an activating group) is 1. The molecule has 1 rings (SSSR count). The number of primary amides is 1. The zero-order valence-electron chi connectivity index (χ0n) is 12.9. The molecule has 0 aromatic heterocycles. The molecule has 0 aliphatic heterocycles. The second kappa shape index (κ2) is 7.29. The first-order valence-electron chi connectivity index (χ1n) is 7.10. The fourth-order valence-corrected chi connectivity index (χ4v) is 1.94. The van der Waals surface area contributed by atoms with Gasteiger partial charge in [-0.1, -0.05) is 39.8 Å². The summed E-state index contributed by atoms with van der Waals surface area (Å²) in [6.07, 6.45) is 0.574. The standard InChI is InChI=1S/C16H26N2O2/c1-5-18-14(15(17)19)10-11-20-13-8-6-12(7-9-13)16(2,3)4/h6-9,14,18H,5,10-11H2,1-4H3,(H2,17,19). The molecule has 0 radical (unpaired) electrons. The number of rotatable bonds is 7. The fourth-order valence-electron chi connectivity index (χ4n) is 1.94. The van der Waals surface area contributed by atoms with Gasteiger partial charge in [0, 0.05) is 6.42 Å². The average molecular weight is 278 g/mol. The van der Waals surface area contributed by atoms with Gasteiger partial charge < -0.3 is 15.8 Å². The molecule has 0 aliphatic rings. The molecular formula is C16H26N2O2. The van der Waals surface area contributed by atoms with Gasteiger partial charge in [-0.15, -0.1) is 0 Å². The van der Waals surface area contributed by atoms with Crippen molar-refractivity contribution >= 4 is 5.91 Å². The van der Waals surface area contributed by atoms with Gasteiger partial charge in [0.05, 0.1) is 12.6 Å². The highest BCUT2D eigenvalue weighted by molar-refractivity contribution is 5.79. The predicted octanol–water partition coefficient (Wildman–Crippen LogP) is 2.22. The summed E-state index contributed by atoms with van der Waals surface area (Å²) in [5.74, 6) is 0.483. The van der Waals surface area contributed by atoms with E-state index in [4.69, 9.17) is 10.5 Å². The first kappa shape index (κ1) is 16.5. The molecule has 0 aliphatic carbocycles. The quantitative estimate of drug-likeness (QED) is 0.804. The van der Waals surface area contributed by atoms with Crippen LogP contribution in [0.5, 0.6) is 5.75 Å². The summed E-state index contributed by atoms with van der Waals surface area (Å²) in [6.45, 7) is 9.66. The van der Waals surface area contributed by atoms with Gasteiger partial charge in [0.25, 0.3) is 0 Å². The molecule has 1 unspecified atom stereocenters. The van der Waals surface area contributed by atoms with Crippen molar-refractivity contribution in [3.05, 3.63) is 29.8 Å². The van der Waals surface area contributed by atoms with Gasteiger partial charge in [0.15, 0.2) is 0 Å². The molecule has 0 saturated carbocycles.